The zero-order chi connectivity index (χ0) is 22.9. The number of hydrogen-bond acceptors (Lipinski definition) is 6. The van der Waals surface area contributed by atoms with E-state index in [1.165, 1.54) is 25.0 Å². The fraction of sp³-hybridized carbons (Fsp3) is 0.478. The van der Waals surface area contributed by atoms with Gasteiger partial charge in [-0.1, -0.05) is 12.8 Å². The predicted molar refractivity (Wildman–Crippen MR) is 121 cm³/mol. The number of nitrogens with one attached hydrogen (secondary N) is 2. The van der Waals surface area contributed by atoms with E-state index in [2.05, 4.69) is 20.6 Å². The molecule has 2 aliphatic carbocycles. The van der Waals surface area contributed by atoms with Crippen LogP contribution in [0.2, 0.25) is 0 Å². The largest absolute Gasteiger partial charge is 0.369 e. The summed E-state index contributed by atoms with van der Waals surface area (Å²) in [5, 5.41) is 6.42. The molecule has 0 radical (unpaired) electrons. The van der Waals surface area contributed by atoms with E-state index in [0.717, 1.165) is 31.7 Å². The summed E-state index contributed by atoms with van der Waals surface area (Å²) in [6.45, 7) is 0. The molecule has 1 amide bonds. The van der Waals surface area contributed by atoms with Crippen molar-refractivity contribution in [1.82, 2.24) is 19.5 Å². The van der Waals surface area contributed by atoms with Gasteiger partial charge in [-0.25, -0.2) is 18.7 Å². The maximum Gasteiger partial charge on any atom is 0.224 e. The lowest BCUT2D eigenvalue weighted by Crippen LogP contribution is -2.28. The fourth-order valence-electron chi connectivity index (χ4n) is 4.98. The third-order valence-corrected chi connectivity index (χ3v) is 6.76. The molecule has 2 fully saturated rings. The van der Waals surface area contributed by atoms with Gasteiger partial charge in [0, 0.05) is 24.1 Å². The Kier molecular flexibility index (Phi) is 5.82. The van der Waals surface area contributed by atoms with Crippen molar-refractivity contribution in [1.29, 1.82) is 0 Å². The molecule has 0 saturated heterocycles. The topological polar surface area (TPSA) is 111 Å². The Labute approximate surface area is 190 Å². The van der Waals surface area contributed by atoms with Crippen molar-refractivity contribution in [2.45, 2.75) is 63.5 Å². The molecule has 4 N–H and O–H groups in total. The number of amides is 1. The zero-order valence-electron chi connectivity index (χ0n) is 18.2. The Bertz CT molecular complexity index is 1170. The molecular weight excluding hydrogens is 428 g/mol. The maximum absolute atomic E-state index is 14.4. The molecule has 2 aromatic heterocycles. The van der Waals surface area contributed by atoms with Crippen LogP contribution in [0.3, 0.4) is 0 Å². The van der Waals surface area contributed by atoms with Crippen LogP contribution in [0.25, 0.3) is 11.2 Å². The van der Waals surface area contributed by atoms with E-state index in [1.54, 1.807) is 6.20 Å². The highest BCUT2D eigenvalue weighted by Crippen LogP contribution is 2.37. The summed E-state index contributed by atoms with van der Waals surface area (Å²) < 4.78 is 29.7. The lowest BCUT2D eigenvalue weighted by Gasteiger charge is -2.29. The number of imidazole rings is 1. The number of benzene rings is 1. The molecule has 0 unspecified atom stereocenters. The minimum absolute atomic E-state index is 0.00541. The third-order valence-electron chi connectivity index (χ3n) is 6.76. The average Bonchev–Trinajstić information content (AvgIpc) is 3.43. The summed E-state index contributed by atoms with van der Waals surface area (Å²) in [6.07, 6.45) is 9.01. The van der Waals surface area contributed by atoms with Crippen LogP contribution in [-0.4, -0.2) is 31.5 Å². The smallest absolute Gasteiger partial charge is 0.224 e. The SMILES string of the molecule is NC(=O)C1CCC(n2c(Nc3ccc(F)cc3F)nc3cnc(NC4CCCC4)nc32)CC1. The highest BCUT2D eigenvalue weighted by atomic mass is 19.1. The molecule has 0 atom stereocenters. The molecule has 0 spiro atoms. The zero-order valence-corrected chi connectivity index (χ0v) is 18.2. The van der Waals surface area contributed by atoms with Crippen LogP contribution < -0.4 is 16.4 Å². The van der Waals surface area contributed by atoms with Gasteiger partial charge in [0.05, 0.1) is 11.9 Å². The van der Waals surface area contributed by atoms with Crippen LogP contribution in [0.15, 0.2) is 24.4 Å². The van der Waals surface area contributed by atoms with Crippen molar-refractivity contribution in [3.8, 4) is 0 Å². The molecule has 33 heavy (non-hydrogen) atoms. The molecule has 5 rings (SSSR count). The second-order valence-electron chi connectivity index (χ2n) is 8.99. The second kappa shape index (κ2) is 8.92. The maximum atomic E-state index is 14.4. The van der Waals surface area contributed by atoms with Gasteiger partial charge in [-0.2, -0.15) is 4.98 Å². The highest BCUT2D eigenvalue weighted by Gasteiger charge is 2.29. The number of carbonyl (C=O) groups is 1. The molecule has 0 bridgehead atoms. The Morgan fingerprint density at radius 3 is 2.52 bits per heavy atom. The summed E-state index contributed by atoms with van der Waals surface area (Å²) >= 11 is 0. The van der Waals surface area contributed by atoms with E-state index < -0.39 is 11.6 Å². The van der Waals surface area contributed by atoms with Gasteiger partial charge in [0.15, 0.2) is 5.65 Å². The summed E-state index contributed by atoms with van der Waals surface area (Å²) in [4.78, 5) is 25.4. The van der Waals surface area contributed by atoms with Gasteiger partial charge in [-0.05, 0) is 50.7 Å². The minimum atomic E-state index is -0.708. The number of aromatic nitrogens is 4. The van der Waals surface area contributed by atoms with Gasteiger partial charge in [0.2, 0.25) is 17.8 Å². The van der Waals surface area contributed by atoms with Crippen LogP contribution in [0, 0.1) is 17.6 Å². The van der Waals surface area contributed by atoms with Gasteiger partial charge in [0.25, 0.3) is 0 Å². The Morgan fingerprint density at radius 1 is 1.06 bits per heavy atom. The van der Waals surface area contributed by atoms with Crippen LogP contribution in [0.4, 0.5) is 26.4 Å². The molecule has 174 valence electrons. The molecule has 2 saturated carbocycles. The fourth-order valence-corrected chi connectivity index (χ4v) is 4.98. The van der Waals surface area contributed by atoms with Crippen molar-refractivity contribution >= 4 is 34.7 Å². The van der Waals surface area contributed by atoms with Crippen LogP contribution >= 0.6 is 0 Å². The number of rotatable bonds is 6. The quantitative estimate of drug-likeness (QED) is 0.508. The van der Waals surface area contributed by atoms with Crippen LogP contribution in [-0.2, 0) is 4.79 Å². The molecule has 2 heterocycles. The number of nitrogens with two attached hydrogens (primary N) is 1. The van der Waals surface area contributed by atoms with E-state index in [0.29, 0.717) is 41.9 Å². The van der Waals surface area contributed by atoms with E-state index in [4.69, 9.17) is 10.7 Å². The van der Waals surface area contributed by atoms with Crippen molar-refractivity contribution in [3.63, 3.8) is 0 Å². The van der Waals surface area contributed by atoms with E-state index in [9.17, 15) is 13.6 Å². The van der Waals surface area contributed by atoms with Gasteiger partial charge < -0.3 is 16.4 Å². The number of halogens is 2. The number of anilines is 3. The summed E-state index contributed by atoms with van der Waals surface area (Å²) in [5.41, 5.74) is 6.84. The van der Waals surface area contributed by atoms with Crippen molar-refractivity contribution < 1.29 is 13.6 Å². The first-order valence-electron chi connectivity index (χ1n) is 11.5. The molecule has 2 aliphatic rings. The minimum Gasteiger partial charge on any atom is -0.369 e. The Balaban J connectivity index is 1.51. The van der Waals surface area contributed by atoms with E-state index in [1.807, 2.05) is 4.57 Å². The highest BCUT2D eigenvalue weighted by molar-refractivity contribution is 5.78. The number of primary amides is 1. The number of hydrogen-bond donors (Lipinski definition) is 3. The lowest BCUT2D eigenvalue weighted by molar-refractivity contribution is -0.122. The molecule has 3 aromatic rings. The first-order valence-corrected chi connectivity index (χ1v) is 11.5. The lowest BCUT2D eigenvalue weighted by atomic mass is 9.85. The monoisotopic (exact) mass is 455 g/mol. The molecule has 0 aliphatic heterocycles. The van der Waals surface area contributed by atoms with E-state index >= 15 is 0 Å². The van der Waals surface area contributed by atoms with Crippen LogP contribution in [0.5, 0.6) is 0 Å². The number of nitrogens with zero attached hydrogens (tertiary/aromatic N) is 4. The predicted octanol–water partition coefficient (Wildman–Crippen LogP) is 4.42. The van der Waals surface area contributed by atoms with Gasteiger partial charge in [-0.3, -0.25) is 9.36 Å². The standard InChI is InChI=1S/C23H27F2N7O/c24-14-7-10-18(17(25)11-14)29-23-30-19-12-27-22(28-15-3-1-2-4-15)31-21(19)32(23)16-8-5-13(6-9-16)20(26)33/h7,10-13,15-16H,1-6,8-9H2,(H2,26,33)(H,29,30)(H,27,28,31). The van der Waals surface area contributed by atoms with Gasteiger partial charge >= 0.3 is 0 Å². The first-order chi connectivity index (χ1) is 16.0. The Morgan fingerprint density at radius 2 is 1.82 bits per heavy atom. The molecule has 1 aromatic carbocycles. The van der Waals surface area contributed by atoms with Gasteiger partial charge in [-0.15, -0.1) is 0 Å². The van der Waals surface area contributed by atoms with Crippen LogP contribution in [0.1, 0.15) is 57.4 Å². The van der Waals surface area contributed by atoms with Crippen molar-refractivity contribution in [2.75, 3.05) is 10.6 Å². The summed E-state index contributed by atoms with van der Waals surface area (Å²) in [6, 6.07) is 3.73. The average molecular weight is 456 g/mol. The first kappa shape index (κ1) is 21.5. The summed E-state index contributed by atoms with van der Waals surface area (Å²) in [5.74, 6) is -0.825. The van der Waals surface area contributed by atoms with Crippen molar-refractivity contribution in [2.24, 2.45) is 11.7 Å². The molecular formula is C23H27F2N7O. The molecule has 8 nitrogen and oxygen atoms in total. The second-order valence-corrected chi connectivity index (χ2v) is 8.99. The number of carbonyl (C=O) groups excluding carboxylic acids is 1. The van der Waals surface area contributed by atoms with Crippen molar-refractivity contribution in [3.05, 3.63) is 36.0 Å². The van der Waals surface area contributed by atoms with Gasteiger partial charge in [0.1, 0.15) is 17.2 Å². The number of fused-ring (bicyclic) bond motifs is 1. The Hall–Kier alpha value is -3.30. The normalized spacial score (nSPS) is 21.4. The third kappa shape index (κ3) is 4.46. The summed E-state index contributed by atoms with van der Waals surface area (Å²) in [7, 11) is 0. The van der Waals surface area contributed by atoms with E-state index in [-0.39, 0.29) is 23.6 Å². The molecule has 10 heteroatoms.